The van der Waals surface area contributed by atoms with E-state index in [0.29, 0.717) is 51.5 Å². The van der Waals surface area contributed by atoms with Gasteiger partial charge in [-0.3, -0.25) is 86.5 Å². The third-order valence-corrected chi connectivity index (χ3v) is 18.1. The van der Waals surface area contributed by atoms with Crippen LogP contribution in [0.25, 0.3) is 0 Å². The molecule has 2 aliphatic heterocycles. The van der Waals surface area contributed by atoms with Crippen LogP contribution in [0.3, 0.4) is 0 Å². The summed E-state index contributed by atoms with van der Waals surface area (Å²) in [5.41, 5.74) is 28.3. The van der Waals surface area contributed by atoms with Crippen LogP contribution in [0, 0.1) is 5.92 Å². The predicted molar refractivity (Wildman–Crippen MR) is 407 cm³/mol. The number of carbonyl (C=O) groups is 17. The van der Waals surface area contributed by atoms with Crippen LogP contribution in [0.2, 0.25) is 0 Å². The van der Waals surface area contributed by atoms with Crippen LogP contribution in [-0.2, 0) is 87.9 Å². The van der Waals surface area contributed by atoms with E-state index >= 15 is 0 Å². The number of likely N-dealkylation sites (tertiary alicyclic amines) is 2. The number of carbonyl (C=O) groups excluding carboxylic acids is 17. The van der Waals surface area contributed by atoms with E-state index < -0.39 is 207 Å². The maximum atomic E-state index is 14.6. The van der Waals surface area contributed by atoms with E-state index in [0.717, 1.165) is 16.9 Å². The van der Waals surface area contributed by atoms with Crippen LogP contribution in [-0.4, -0.2) is 272 Å². The zero-order chi connectivity index (χ0) is 81.8. The molecule has 1 aromatic rings. The van der Waals surface area contributed by atoms with Crippen LogP contribution in [0.1, 0.15) is 123 Å². The lowest BCUT2D eigenvalue weighted by atomic mass is 10.0. The summed E-state index contributed by atoms with van der Waals surface area (Å²) in [4.78, 5) is 233. The molecular weight excluding hydrogens is 1480 g/mol. The molecule has 3 rings (SSSR count). The van der Waals surface area contributed by atoms with Crippen LogP contribution in [0.5, 0.6) is 0 Å². The van der Waals surface area contributed by atoms with E-state index in [1.807, 2.05) is 37.3 Å². The zero-order valence-electron chi connectivity index (χ0n) is 62.5. The van der Waals surface area contributed by atoms with Crippen LogP contribution in [0.15, 0.2) is 35.3 Å². The average Bonchev–Trinajstić information content (AvgIpc) is 1.64. The molecule has 2 heterocycles. The lowest BCUT2D eigenvalue weighted by molar-refractivity contribution is -0.142. The minimum Gasteiger partial charge on any atom is -0.394 e. The van der Waals surface area contributed by atoms with Gasteiger partial charge < -0.3 is 118 Å². The fourth-order valence-corrected chi connectivity index (χ4v) is 12.0. The van der Waals surface area contributed by atoms with Crippen molar-refractivity contribution in [2.24, 2.45) is 39.6 Å². The fourth-order valence-electron chi connectivity index (χ4n) is 11.5. The molecule has 25 N–H and O–H groups in total. The van der Waals surface area contributed by atoms with Crippen molar-refractivity contribution < 1.29 is 86.6 Å². The van der Waals surface area contributed by atoms with E-state index in [1.165, 1.54) is 4.90 Å². The first-order valence-electron chi connectivity index (χ1n) is 36.6. The zero-order valence-corrected chi connectivity index (χ0v) is 64.2. The summed E-state index contributed by atoms with van der Waals surface area (Å²) in [7, 11) is 0. The second-order valence-electron chi connectivity index (χ2n) is 26.6. The summed E-state index contributed by atoms with van der Waals surface area (Å²) in [6.07, 6.45) is 3.31. The third kappa shape index (κ3) is 35.2. The van der Waals surface area contributed by atoms with Crippen LogP contribution in [0.4, 0.5) is 0 Å². The number of primary amides is 1. The summed E-state index contributed by atoms with van der Waals surface area (Å²) in [5.74, 6) is -14.9. The molecule has 42 heteroatoms. The summed E-state index contributed by atoms with van der Waals surface area (Å²) >= 11 is 8.55. The monoisotopic (exact) mass is 1590 g/mol. The number of guanidine groups is 1. The maximum absolute atomic E-state index is 14.6. The number of unbranched alkanes of at least 4 members (excludes halogenated alkanes) is 2. The molecule has 2 saturated heterocycles. The minimum absolute atomic E-state index is 0.0289. The number of nitrogens with zero attached hydrogens (tertiary/aromatic N) is 3. The predicted octanol–water partition coefficient (Wildman–Crippen LogP) is -8.72. The number of nitrogens with two attached hydrogens (primary N) is 5. The fraction of sp³-hybridized carbons (Fsp3) is 0.647. The molecule has 1 aromatic carbocycles. The van der Waals surface area contributed by atoms with E-state index in [2.05, 4.69) is 105 Å². The van der Waals surface area contributed by atoms with Crippen molar-refractivity contribution in [1.29, 1.82) is 0 Å². The van der Waals surface area contributed by atoms with E-state index in [-0.39, 0.29) is 101 Å². The number of hydrogen-bond donors (Lipinski definition) is 22. The standard InChI is InChI=1S/C68H112N22O18S2/c1-4-5-16-41(58(99)74-26-23-40-14-7-6-8-15-40)83-65(106)49-19-12-27-89(49)57(98)35-80-59(100)42(17-9-10-24-69)82-63(104)47(37-109)87-62(103)46(36-91)86-61(102)45(29-39(2)3)85-64(105)48(38-110)88-66(107)50-20-13-28-90(50)67(108)44(18-11-25-75-68(72)73)84-60(101)43(21-22-51(71)92)81-56(97)34-79-55(96)33-78-54(95)32-77-53(94)31-76-52(93)30-70/h6-8,14-15,39,41-50,91,109-110H,4-5,9-13,16-38,69-70H2,1-3H3,(H2,71,92)(H,74,99)(H,76,93)(H,77,94)(H,78,95)(H,79,96)(H,80,100)(H,81,97)(H,82,104)(H,83,106)(H,84,101)(H,85,105)(H,86,102)(H,87,103)(H,88,107)(H4,72,73,75)/t41-,42+,43+,44+,45-,46-,47+,48+,49+,50+/m0/s1. The normalized spacial score (nSPS) is 15.9. The molecule has 2 aliphatic rings. The Morgan fingerprint density at radius 2 is 0.964 bits per heavy atom. The van der Waals surface area contributed by atoms with Gasteiger partial charge in [0.2, 0.25) is 100 Å². The molecule has 0 aliphatic carbocycles. The topological polar surface area (TPSA) is 628 Å². The Morgan fingerprint density at radius 1 is 0.500 bits per heavy atom. The van der Waals surface area contributed by atoms with Gasteiger partial charge in [-0.1, -0.05) is 63.9 Å². The van der Waals surface area contributed by atoms with E-state index in [9.17, 15) is 86.6 Å². The molecule has 2 fully saturated rings. The summed E-state index contributed by atoms with van der Waals surface area (Å²) < 4.78 is 0. The number of amides is 17. The first kappa shape index (κ1) is 94.3. The van der Waals surface area contributed by atoms with Gasteiger partial charge in [-0.05, 0) is 101 Å². The van der Waals surface area contributed by atoms with Crippen molar-refractivity contribution >= 4 is 132 Å². The molecule has 0 aromatic heterocycles. The second-order valence-corrected chi connectivity index (χ2v) is 27.3. The summed E-state index contributed by atoms with van der Waals surface area (Å²) in [6.45, 7) is 1.72. The van der Waals surface area contributed by atoms with Crippen LogP contribution < -0.4 is 103 Å². The quantitative estimate of drug-likeness (QED) is 0.0125. The highest BCUT2D eigenvalue weighted by Gasteiger charge is 2.41. The number of nitrogens with one attached hydrogen (secondary N) is 14. The molecule has 0 radical (unpaired) electrons. The SMILES string of the molecule is CCCC[C@H](NC(=O)[C@H]1CCCN1C(=O)CNC(=O)[C@@H](CCCCN)NC(=O)[C@@H](CS)NC(=O)[C@H](CO)NC(=O)[C@H](CC(C)C)NC(=O)[C@@H](CS)NC(=O)[C@H]1CCCN1C(=O)[C@@H](CCCN=C(N)N)NC(=O)[C@@H](CCC(N)=O)NC(=O)CNC(=O)CNC(=O)CNC(=O)CNC(=O)CN)C(=O)NCCc1ccccc1. The van der Waals surface area contributed by atoms with Gasteiger partial charge in [0.15, 0.2) is 5.96 Å². The Kier molecular flexibility index (Phi) is 44.1. The van der Waals surface area contributed by atoms with Gasteiger partial charge in [0, 0.05) is 44.1 Å². The lowest BCUT2D eigenvalue weighted by Crippen LogP contribution is -2.61. The average molecular weight is 1590 g/mol. The molecule has 0 spiro atoms. The summed E-state index contributed by atoms with van der Waals surface area (Å²) in [6, 6.07) is -3.87. The van der Waals surface area contributed by atoms with Gasteiger partial charge in [0.25, 0.3) is 0 Å². The van der Waals surface area contributed by atoms with Gasteiger partial charge >= 0.3 is 0 Å². The molecule has 17 amide bonds. The Labute approximate surface area is 649 Å². The van der Waals surface area contributed by atoms with Crippen molar-refractivity contribution in [3.05, 3.63) is 35.9 Å². The third-order valence-electron chi connectivity index (χ3n) is 17.4. The first-order valence-corrected chi connectivity index (χ1v) is 37.9. The highest BCUT2D eigenvalue weighted by Crippen LogP contribution is 2.22. The van der Waals surface area contributed by atoms with E-state index in [1.54, 1.807) is 13.8 Å². The molecule has 110 heavy (non-hydrogen) atoms. The number of benzene rings is 1. The molecule has 40 nitrogen and oxygen atoms in total. The van der Waals surface area contributed by atoms with Crippen molar-refractivity contribution in [3.8, 4) is 0 Å². The number of thiol groups is 2. The Balaban J connectivity index is 1.68. The van der Waals surface area contributed by atoms with Crippen molar-refractivity contribution in [3.63, 3.8) is 0 Å². The molecule has 0 unspecified atom stereocenters. The largest absolute Gasteiger partial charge is 0.394 e. The molecule has 0 bridgehead atoms. The maximum Gasteiger partial charge on any atom is 0.245 e. The number of rotatable bonds is 51. The van der Waals surface area contributed by atoms with Crippen LogP contribution >= 0.6 is 25.3 Å². The Bertz CT molecular complexity index is 3320. The Hall–Kier alpha value is -9.94. The van der Waals surface area contributed by atoms with Gasteiger partial charge in [0.05, 0.1) is 45.9 Å². The highest BCUT2D eigenvalue weighted by atomic mass is 32.1. The molecule has 614 valence electrons. The van der Waals surface area contributed by atoms with Gasteiger partial charge in [-0.25, -0.2) is 0 Å². The second kappa shape index (κ2) is 51.5. The number of hydrogen-bond acceptors (Lipinski definition) is 23. The molecule has 10 atom stereocenters. The smallest absolute Gasteiger partial charge is 0.245 e. The molecule has 0 saturated carbocycles. The number of aliphatic hydroxyl groups excluding tert-OH is 1. The lowest BCUT2D eigenvalue weighted by Gasteiger charge is -2.31. The van der Waals surface area contributed by atoms with Gasteiger partial charge in [-0.2, -0.15) is 25.3 Å². The highest BCUT2D eigenvalue weighted by molar-refractivity contribution is 7.80. The Morgan fingerprint density at radius 3 is 1.52 bits per heavy atom. The number of aliphatic hydroxyl groups is 1. The number of aliphatic imine (C=N–C) groups is 1. The molecular formula is C68H112N22O18S2. The van der Waals surface area contributed by atoms with Crippen molar-refractivity contribution in [2.45, 2.75) is 184 Å². The van der Waals surface area contributed by atoms with Gasteiger partial charge in [-0.15, -0.1) is 0 Å². The first-order chi connectivity index (χ1) is 52.4. The van der Waals surface area contributed by atoms with Gasteiger partial charge in [0.1, 0.15) is 60.4 Å². The van der Waals surface area contributed by atoms with Crippen molar-refractivity contribution in [1.82, 2.24) is 84.2 Å². The van der Waals surface area contributed by atoms with E-state index in [4.69, 9.17) is 28.7 Å². The minimum atomic E-state index is -1.75. The van der Waals surface area contributed by atoms with Crippen molar-refractivity contribution in [2.75, 3.05) is 90.1 Å². The summed E-state index contributed by atoms with van der Waals surface area (Å²) in [5, 5.41) is 45.1.